The minimum atomic E-state index is -0.228. The molecule has 2 rings (SSSR count). The molecule has 126 valence electrons. The molecular formula is C18H20N2O4. The number of hydrazone groups is 1. The quantitative estimate of drug-likeness (QED) is 0.626. The highest BCUT2D eigenvalue weighted by Crippen LogP contribution is 2.27. The Labute approximate surface area is 141 Å². The van der Waals surface area contributed by atoms with Crippen LogP contribution < -0.4 is 19.6 Å². The molecule has 2 aromatic carbocycles. The first-order valence-electron chi connectivity index (χ1n) is 7.33. The van der Waals surface area contributed by atoms with Crippen LogP contribution in [0, 0.1) is 0 Å². The van der Waals surface area contributed by atoms with E-state index in [1.54, 1.807) is 39.7 Å². The molecule has 0 aliphatic carbocycles. The van der Waals surface area contributed by atoms with E-state index in [0.717, 1.165) is 11.1 Å². The second-order valence-electron chi connectivity index (χ2n) is 4.90. The normalized spacial score (nSPS) is 10.5. The van der Waals surface area contributed by atoms with Crippen LogP contribution in [-0.2, 0) is 11.2 Å². The molecule has 0 aliphatic heterocycles. The Morgan fingerprint density at radius 1 is 1.00 bits per heavy atom. The molecule has 0 saturated carbocycles. The molecule has 2 aromatic rings. The van der Waals surface area contributed by atoms with Crippen LogP contribution in [0.1, 0.15) is 11.1 Å². The maximum Gasteiger partial charge on any atom is 0.244 e. The highest BCUT2D eigenvalue weighted by molar-refractivity contribution is 5.85. The van der Waals surface area contributed by atoms with Gasteiger partial charge in [0.1, 0.15) is 5.75 Å². The van der Waals surface area contributed by atoms with Gasteiger partial charge in [0.15, 0.2) is 11.5 Å². The third kappa shape index (κ3) is 4.49. The summed E-state index contributed by atoms with van der Waals surface area (Å²) in [5.41, 5.74) is 4.09. The topological polar surface area (TPSA) is 69.2 Å². The second kappa shape index (κ2) is 8.57. The van der Waals surface area contributed by atoms with Gasteiger partial charge in [-0.2, -0.15) is 5.10 Å². The van der Waals surface area contributed by atoms with Crippen LogP contribution >= 0.6 is 0 Å². The van der Waals surface area contributed by atoms with Crippen molar-refractivity contribution >= 4 is 12.1 Å². The molecule has 0 aliphatic rings. The molecule has 0 spiro atoms. The average Bonchev–Trinajstić information content (AvgIpc) is 2.62. The minimum Gasteiger partial charge on any atom is -0.496 e. The molecule has 0 atom stereocenters. The molecule has 0 aromatic heterocycles. The molecule has 0 bridgehead atoms. The van der Waals surface area contributed by atoms with E-state index in [2.05, 4.69) is 10.5 Å². The summed E-state index contributed by atoms with van der Waals surface area (Å²) in [6.07, 6.45) is 1.73. The number of methoxy groups -OCH3 is 3. The minimum absolute atomic E-state index is 0.184. The lowest BCUT2D eigenvalue weighted by atomic mass is 10.1. The van der Waals surface area contributed by atoms with Crippen molar-refractivity contribution in [3.63, 3.8) is 0 Å². The van der Waals surface area contributed by atoms with Gasteiger partial charge >= 0.3 is 0 Å². The lowest BCUT2D eigenvalue weighted by molar-refractivity contribution is -0.120. The Balaban J connectivity index is 1.97. The van der Waals surface area contributed by atoms with Gasteiger partial charge in [-0.15, -0.1) is 0 Å². The van der Waals surface area contributed by atoms with E-state index in [9.17, 15) is 4.79 Å². The number of hydrogen-bond donors (Lipinski definition) is 1. The first kappa shape index (κ1) is 17.3. The summed E-state index contributed by atoms with van der Waals surface area (Å²) >= 11 is 0. The number of rotatable bonds is 7. The van der Waals surface area contributed by atoms with Crippen molar-refractivity contribution in [3.8, 4) is 17.2 Å². The van der Waals surface area contributed by atoms with Gasteiger partial charge in [-0.3, -0.25) is 4.79 Å². The number of amides is 1. The van der Waals surface area contributed by atoms with Gasteiger partial charge in [0.05, 0.1) is 34.0 Å². The van der Waals surface area contributed by atoms with E-state index < -0.39 is 0 Å². The molecule has 0 saturated heterocycles. The summed E-state index contributed by atoms with van der Waals surface area (Å²) in [6, 6.07) is 12.8. The molecule has 6 nitrogen and oxygen atoms in total. The van der Waals surface area contributed by atoms with Crippen LogP contribution in [0.5, 0.6) is 17.2 Å². The lowest BCUT2D eigenvalue weighted by Crippen LogP contribution is -2.19. The van der Waals surface area contributed by atoms with E-state index in [4.69, 9.17) is 14.2 Å². The first-order valence-corrected chi connectivity index (χ1v) is 7.33. The molecule has 0 fully saturated rings. The second-order valence-corrected chi connectivity index (χ2v) is 4.90. The summed E-state index contributed by atoms with van der Waals surface area (Å²) in [4.78, 5) is 12.0. The number of nitrogens with zero attached hydrogens (tertiary/aromatic N) is 1. The Bertz CT molecular complexity index is 729. The highest BCUT2D eigenvalue weighted by Gasteiger charge is 2.08. The first-order chi connectivity index (χ1) is 11.7. The van der Waals surface area contributed by atoms with E-state index in [0.29, 0.717) is 17.2 Å². The molecular weight excluding hydrogens is 308 g/mol. The number of carbonyl (C=O) groups is 1. The third-order valence-electron chi connectivity index (χ3n) is 3.34. The Morgan fingerprint density at radius 3 is 2.42 bits per heavy atom. The zero-order valence-corrected chi connectivity index (χ0v) is 13.9. The Morgan fingerprint density at radius 2 is 1.71 bits per heavy atom. The fourth-order valence-corrected chi connectivity index (χ4v) is 2.16. The molecule has 0 radical (unpaired) electrons. The molecule has 0 unspecified atom stereocenters. The van der Waals surface area contributed by atoms with Gasteiger partial charge in [-0.05, 0) is 29.8 Å². The smallest absolute Gasteiger partial charge is 0.244 e. The maximum absolute atomic E-state index is 12.0. The summed E-state index contributed by atoms with van der Waals surface area (Å²) in [6.45, 7) is 0. The number of ether oxygens (including phenoxy) is 3. The Hall–Kier alpha value is -3.02. The molecule has 1 amide bonds. The van der Waals surface area contributed by atoms with Crippen LogP contribution in [0.25, 0.3) is 0 Å². The SMILES string of the molecule is COc1ccccc1/C=N/NC(=O)Cc1ccc(OC)c(OC)c1. The van der Waals surface area contributed by atoms with Crippen molar-refractivity contribution in [2.75, 3.05) is 21.3 Å². The molecule has 24 heavy (non-hydrogen) atoms. The van der Waals surface area contributed by atoms with Gasteiger partial charge in [0.2, 0.25) is 5.91 Å². The third-order valence-corrected chi connectivity index (χ3v) is 3.34. The fourth-order valence-electron chi connectivity index (χ4n) is 2.16. The summed E-state index contributed by atoms with van der Waals surface area (Å²) in [5, 5.41) is 3.96. The zero-order valence-electron chi connectivity index (χ0n) is 13.9. The zero-order chi connectivity index (χ0) is 17.4. The molecule has 0 heterocycles. The van der Waals surface area contributed by atoms with Crippen molar-refractivity contribution in [1.29, 1.82) is 0 Å². The van der Waals surface area contributed by atoms with E-state index in [1.165, 1.54) is 0 Å². The highest BCUT2D eigenvalue weighted by atomic mass is 16.5. The van der Waals surface area contributed by atoms with Crippen LogP contribution in [0.15, 0.2) is 47.6 Å². The summed E-state index contributed by atoms with van der Waals surface area (Å²) in [7, 11) is 4.71. The van der Waals surface area contributed by atoms with Crippen LogP contribution in [0.4, 0.5) is 0 Å². The number of hydrogen-bond acceptors (Lipinski definition) is 5. The summed E-state index contributed by atoms with van der Waals surface area (Å²) < 4.78 is 15.6. The monoisotopic (exact) mass is 328 g/mol. The van der Waals surface area contributed by atoms with Crippen molar-refractivity contribution < 1.29 is 19.0 Å². The van der Waals surface area contributed by atoms with Gasteiger partial charge in [0.25, 0.3) is 0 Å². The number of benzene rings is 2. The fraction of sp³-hybridized carbons (Fsp3) is 0.222. The van der Waals surface area contributed by atoms with Crippen LogP contribution in [0.3, 0.4) is 0 Å². The number of carbonyl (C=O) groups excluding carboxylic acids is 1. The molecule has 6 heteroatoms. The average molecular weight is 328 g/mol. The predicted octanol–water partition coefficient (Wildman–Crippen LogP) is 2.41. The lowest BCUT2D eigenvalue weighted by Gasteiger charge is -2.09. The maximum atomic E-state index is 12.0. The number of nitrogens with one attached hydrogen (secondary N) is 1. The summed E-state index contributed by atoms with van der Waals surface area (Å²) in [5.74, 6) is 1.67. The van der Waals surface area contributed by atoms with E-state index in [1.807, 2.05) is 30.3 Å². The largest absolute Gasteiger partial charge is 0.496 e. The van der Waals surface area contributed by atoms with Crippen molar-refractivity contribution in [2.24, 2.45) is 5.10 Å². The van der Waals surface area contributed by atoms with Gasteiger partial charge < -0.3 is 14.2 Å². The predicted molar refractivity (Wildman–Crippen MR) is 92.0 cm³/mol. The van der Waals surface area contributed by atoms with Crippen molar-refractivity contribution in [3.05, 3.63) is 53.6 Å². The van der Waals surface area contributed by atoms with E-state index >= 15 is 0 Å². The van der Waals surface area contributed by atoms with Gasteiger partial charge in [-0.1, -0.05) is 18.2 Å². The van der Waals surface area contributed by atoms with Crippen molar-refractivity contribution in [1.82, 2.24) is 5.43 Å². The number of para-hydroxylation sites is 1. The Kier molecular flexibility index (Phi) is 6.19. The standard InChI is InChI=1S/C18H20N2O4/c1-22-15-7-5-4-6-14(15)12-19-20-18(21)11-13-8-9-16(23-2)17(10-13)24-3/h4-10,12H,11H2,1-3H3,(H,20,21)/b19-12+. The van der Waals surface area contributed by atoms with Crippen molar-refractivity contribution in [2.45, 2.75) is 6.42 Å². The van der Waals surface area contributed by atoms with Gasteiger partial charge in [0, 0.05) is 5.56 Å². The van der Waals surface area contributed by atoms with Crippen LogP contribution in [-0.4, -0.2) is 33.5 Å². The molecule has 1 N–H and O–H groups in total. The van der Waals surface area contributed by atoms with Gasteiger partial charge in [-0.25, -0.2) is 5.43 Å². The van der Waals surface area contributed by atoms with E-state index in [-0.39, 0.29) is 12.3 Å². The van der Waals surface area contributed by atoms with Crippen LogP contribution in [0.2, 0.25) is 0 Å².